The van der Waals surface area contributed by atoms with Gasteiger partial charge in [-0.2, -0.15) is 5.96 Å². The molecular weight excluding hydrogens is 71.0 g/mol. The number of nitrogens with two attached hydrogens (primary N) is 1. The largest absolute Gasteiger partial charge is 0.269 e. The molecule has 0 heterocycles. The lowest BCUT2D eigenvalue weighted by Gasteiger charge is -1.16. The van der Waals surface area contributed by atoms with Gasteiger partial charge in [-0.1, -0.05) is 0 Å². The predicted octanol–water partition coefficient (Wildman–Crippen LogP) is 0.135. The van der Waals surface area contributed by atoms with Crippen LogP contribution in [0, 0.1) is 0 Å². The zero-order valence-electron chi connectivity index (χ0n) is 1.77. The van der Waals surface area contributed by atoms with Gasteiger partial charge in [0.15, 0.2) is 0 Å². The molecule has 0 unspecified atom stereocenters. The number of halogens is 3. The Morgan fingerprint density at radius 1 is 1.00 bits per heavy atom. The molecule has 0 aromatic rings. The van der Waals surface area contributed by atoms with Gasteiger partial charge in [0.25, 0.3) is 0 Å². The molecule has 0 atom stereocenters. The SMILES string of the molecule is F.F.NF. The van der Waals surface area contributed by atoms with E-state index in [2.05, 4.69) is 5.96 Å². The van der Waals surface area contributed by atoms with Crippen molar-refractivity contribution in [2.24, 2.45) is 5.96 Å². The van der Waals surface area contributed by atoms with Crippen LogP contribution in [0.15, 0.2) is 0 Å². The summed E-state index contributed by atoms with van der Waals surface area (Å²) in [5.41, 5.74) is 0. The van der Waals surface area contributed by atoms with Crippen LogP contribution in [-0.4, -0.2) is 0 Å². The van der Waals surface area contributed by atoms with Crippen LogP contribution in [0.4, 0.5) is 13.9 Å². The van der Waals surface area contributed by atoms with Gasteiger partial charge in [-0.25, -0.2) is 0 Å². The Morgan fingerprint density at radius 3 is 1.00 bits per heavy atom. The maximum Gasteiger partial charge on any atom is -0.141 e. The van der Waals surface area contributed by atoms with Gasteiger partial charge >= 0.3 is 0 Å². The highest BCUT2D eigenvalue weighted by atomic mass is 19.2. The molecule has 4 heteroatoms. The van der Waals surface area contributed by atoms with Gasteiger partial charge in [-0.3, -0.25) is 9.41 Å². The van der Waals surface area contributed by atoms with Crippen molar-refractivity contribution in [1.82, 2.24) is 0 Å². The first-order valence-corrected chi connectivity index (χ1v) is 0.218. The summed E-state index contributed by atoms with van der Waals surface area (Å²) in [6.07, 6.45) is 0. The fourth-order valence-corrected chi connectivity index (χ4v) is 0. The van der Waals surface area contributed by atoms with Gasteiger partial charge < -0.3 is 0 Å². The summed E-state index contributed by atoms with van der Waals surface area (Å²) in [5, 5.41) is 0. The molecule has 4 heavy (non-hydrogen) atoms. The molecule has 0 aliphatic heterocycles. The van der Waals surface area contributed by atoms with E-state index < -0.39 is 0 Å². The molecule has 0 bridgehead atoms. The Hall–Kier alpha value is -0.250. The van der Waals surface area contributed by atoms with E-state index in [4.69, 9.17) is 4.48 Å². The topological polar surface area (TPSA) is 26.0 Å². The lowest BCUT2D eigenvalue weighted by molar-refractivity contribution is 0.530. The lowest BCUT2D eigenvalue weighted by atomic mass is 13.8. The van der Waals surface area contributed by atoms with Crippen LogP contribution in [0.25, 0.3) is 0 Å². The maximum absolute atomic E-state index is 9.00. The first-order valence-electron chi connectivity index (χ1n) is 0.218. The average Bonchev–Trinajstić information content (AvgIpc) is 1.00. The monoisotopic (exact) mass is 75.0 g/mol. The molecule has 0 amide bonds. The summed E-state index contributed by atoms with van der Waals surface area (Å²) in [6, 6.07) is 0. The highest BCUT2D eigenvalue weighted by molar-refractivity contribution is 2.84. The summed E-state index contributed by atoms with van der Waals surface area (Å²) in [4.78, 5) is 0. The molecule has 0 aliphatic carbocycles. The fraction of sp³-hybridized carbons (Fsp3) is 0. The second-order valence-corrected chi connectivity index (χ2v) is 0. The van der Waals surface area contributed by atoms with Gasteiger partial charge in [0.05, 0.1) is 0 Å². The van der Waals surface area contributed by atoms with Crippen molar-refractivity contribution >= 4 is 0 Å². The third kappa shape index (κ3) is 15.8. The van der Waals surface area contributed by atoms with Crippen molar-refractivity contribution in [2.45, 2.75) is 0 Å². The summed E-state index contributed by atoms with van der Waals surface area (Å²) in [5.74, 6) is 3.00. The van der Waals surface area contributed by atoms with Gasteiger partial charge in [0.1, 0.15) is 0 Å². The van der Waals surface area contributed by atoms with E-state index >= 15 is 0 Å². The molecule has 0 fully saturated rings. The van der Waals surface area contributed by atoms with Crippen LogP contribution in [-0.2, 0) is 0 Å². The molecule has 1 nitrogen and oxygen atoms in total. The zero-order chi connectivity index (χ0) is 2.00. The molecule has 0 aromatic carbocycles. The Balaban J connectivity index is -0.00000000500. The van der Waals surface area contributed by atoms with Gasteiger partial charge in [-0.05, 0) is 0 Å². The van der Waals surface area contributed by atoms with Crippen LogP contribution in [0.1, 0.15) is 0 Å². The summed E-state index contributed by atoms with van der Waals surface area (Å²) in [7, 11) is 0. The number of hydrogen-bond donors (Lipinski definition) is 1. The van der Waals surface area contributed by atoms with Gasteiger partial charge in [-0.15, -0.1) is 4.48 Å². The van der Waals surface area contributed by atoms with Crippen LogP contribution in [0.5, 0.6) is 0 Å². The molecule has 0 radical (unpaired) electrons. The molecule has 30 valence electrons. The first kappa shape index (κ1) is 50.4. The van der Waals surface area contributed by atoms with E-state index in [1.165, 1.54) is 0 Å². The van der Waals surface area contributed by atoms with Gasteiger partial charge in [0, 0.05) is 0 Å². The predicted molar refractivity (Wildman–Crippen MR) is 10.3 cm³/mol. The summed E-state index contributed by atoms with van der Waals surface area (Å²) >= 11 is 0. The molecule has 0 spiro atoms. The molecule has 0 saturated carbocycles. The van der Waals surface area contributed by atoms with E-state index in [9.17, 15) is 0 Å². The molecule has 0 rings (SSSR count). The molecular formula is H4F3N. The van der Waals surface area contributed by atoms with Crippen molar-refractivity contribution in [3.63, 3.8) is 0 Å². The van der Waals surface area contributed by atoms with Gasteiger partial charge in [0.2, 0.25) is 0 Å². The fourth-order valence-electron chi connectivity index (χ4n) is 0. The van der Waals surface area contributed by atoms with E-state index in [1.807, 2.05) is 0 Å². The standard InChI is InChI=1S/FH2N.2FH/c1-2;;/h2H2;2*1H. The Labute approximate surface area is 21.3 Å². The van der Waals surface area contributed by atoms with E-state index in [0.717, 1.165) is 0 Å². The smallest absolute Gasteiger partial charge is 0.141 e. The van der Waals surface area contributed by atoms with Crippen molar-refractivity contribution in [3.05, 3.63) is 0 Å². The minimum atomic E-state index is 0. The summed E-state index contributed by atoms with van der Waals surface area (Å²) in [6.45, 7) is 0. The first-order chi connectivity index (χ1) is 1.00. The van der Waals surface area contributed by atoms with Crippen LogP contribution >= 0.6 is 0 Å². The van der Waals surface area contributed by atoms with Crippen LogP contribution in [0.3, 0.4) is 0 Å². The van der Waals surface area contributed by atoms with Crippen molar-refractivity contribution in [2.75, 3.05) is 0 Å². The minimum absolute atomic E-state index is 0. The zero-order valence-corrected chi connectivity index (χ0v) is 1.77. The number of hydrogen-bond acceptors (Lipinski definition) is 1. The van der Waals surface area contributed by atoms with Crippen LogP contribution < -0.4 is 5.96 Å². The Kier molecular flexibility index (Phi) is 1700. The molecule has 0 aliphatic rings. The van der Waals surface area contributed by atoms with E-state index in [-0.39, 0.29) is 9.41 Å². The molecule has 2 N–H and O–H groups in total. The normalized spacial score (nSPS) is 1.50. The van der Waals surface area contributed by atoms with Crippen LogP contribution in [0.2, 0.25) is 0 Å². The molecule has 0 aromatic heterocycles. The Morgan fingerprint density at radius 2 is 1.00 bits per heavy atom. The van der Waals surface area contributed by atoms with E-state index in [1.54, 1.807) is 0 Å². The minimum Gasteiger partial charge on any atom is -0.269 e. The highest BCUT2D eigenvalue weighted by Crippen LogP contribution is 0.933. The highest BCUT2D eigenvalue weighted by Gasteiger charge is 0.844. The quantitative estimate of drug-likeness (QED) is 0.407. The second kappa shape index (κ2) is 135. The van der Waals surface area contributed by atoms with Crippen molar-refractivity contribution in [3.8, 4) is 0 Å². The van der Waals surface area contributed by atoms with E-state index in [0.29, 0.717) is 0 Å². The maximum atomic E-state index is 9.00. The Bertz CT molecular complexity index is 3.25. The van der Waals surface area contributed by atoms with Crippen molar-refractivity contribution in [1.29, 1.82) is 0 Å². The number of rotatable bonds is 0. The second-order valence-electron chi connectivity index (χ2n) is 0. The average molecular weight is 75.0 g/mol. The molecule has 0 saturated heterocycles. The third-order valence-electron chi connectivity index (χ3n) is 0. The van der Waals surface area contributed by atoms with Crippen molar-refractivity contribution < 1.29 is 13.9 Å². The lowest BCUT2D eigenvalue weighted by Crippen LogP contribution is -1.53. The summed E-state index contributed by atoms with van der Waals surface area (Å²) < 4.78 is 9.00. The third-order valence-corrected chi connectivity index (χ3v) is 0.